The molecule has 0 aliphatic heterocycles. The van der Waals surface area contributed by atoms with Gasteiger partial charge in [0.1, 0.15) is 5.82 Å². The third-order valence-corrected chi connectivity index (χ3v) is 3.56. The zero-order valence-electron chi connectivity index (χ0n) is 12.6. The Labute approximate surface area is 126 Å². The highest BCUT2D eigenvalue weighted by molar-refractivity contribution is 5.24. The Kier molecular flexibility index (Phi) is 5.90. The van der Waals surface area contributed by atoms with Crippen LogP contribution in [0.5, 0.6) is 0 Å². The first-order valence-electron chi connectivity index (χ1n) is 7.40. The molecule has 0 aliphatic rings. The molecule has 0 saturated heterocycles. The van der Waals surface area contributed by atoms with Crippen LogP contribution in [-0.2, 0) is 13.1 Å². The van der Waals surface area contributed by atoms with Gasteiger partial charge >= 0.3 is 0 Å². The molecule has 21 heavy (non-hydrogen) atoms. The zero-order chi connectivity index (χ0) is 15.1. The Bertz CT molecular complexity index is 554. The van der Waals surface area contributed by atoms with Crippen molar-refractivity contribution >= 4 is 0 Å². The van der Waals surface area contributed by atoms with Gasteiger partial charge < -0.3 is 5.73 Å². The molecular formula is C18H23FN2. The van der Waals surface area contributed by atoms with E-state index in [2.05, 4.69) is 29.2 Å². The van der Waals surface area contributed by atoms with E-state index in [0.29, 0.717) is 12.1 Å². The van der Waals surface area contributed by atoms with Crippen LogP contribution in [0.15, 0.2) is 48.5 Å². The monoisotopic (exact) mass is 286 g/mol. The van der Waals surface area contributed by atoms with E-state index in [0.717, 1.165) is 31.6 Å². The molecule has 0 aliphatic carbocycles. The number of halogens is 1. The van der Waals surface area contributed by atoms with Gasteiger partial charge in [-0.25, -0.2) is 4.39 Å². The first kappa shape index (κ1) is 15.7. The van der Waals surface area contributed by atoms with Crippen molar-refractivity contribution in [1.29, 1.82) is 0 Å². The zero-order valence-corrected chi connectivity index (χ0v) is 12.6. The summed E-state index contributed by atoms with van der Waals surface area (Å²) in [7, 11) is 0. The Hall–Kier alpha value is -1.71. The van der Waals surface area contributed by atoms with Gasteiger partial charge in [-0.2, -0.15) is 0 Å². The second-order valence-electron chi connectivity index (χ2n) is 5.42. The lowest BCUT2D eigenvalue weighted by molar-refractivity contribution is 0.255. The minimum absolute atomic E-state index is 0.143. The van der Waals surface area contributed by atoms with Gasteiger partial charge in [-0.3, -0.25) is 4.90 Å². The fourth-order valence-electron chi connectivity index (χ4n) is 2.43. The maximum absolute atomic E-state index is 13.4. The maximum Gasteiger partial charge on any atom is 0.126 e. The number of rotatable bonds is 7. The summed E-state index contributed by atoms with van der Waals surface area (Å²) in [6.45, 7) is 5.14. The Morgan fingerprint density at radius 1 is 1.00 bits per heavy atom. The number of hydrogen-bond donors (Lipinski definition) is 1. The first-order chi connectivity index (χ1) is 10.2. The van der Waals surface area contributed by atoms with Gasteiger partial charge in [0.15, 0.2) is 0 Å². The van der Waals surface area contributed by atoms with E-state index < -0.39 is 0 Å². The normalized spacial score (nSPS) is 11.0. The number of benzene rings is 2. The van der Waals surface area contributed by atoms with Crippen LogP contribution in [0.1, 0.15) is 23.1 Å². The fraction of sp³-hybridized carbons (Fsp3) is 0.333. The Morgan fingerprint density at radius 2 is 1.71 bits per heavy atom. The van der Waals surface area contributed by atoms with Crippen molar-refractivity contribution in [3.63, 3.8) is 0 Å². The van der Waals surface area contributed by atoms with E-state index in [1.54, 1.807) is 13.0 Å². The summed E-state index contributed by atoms with van der Waals surface area (Å²) in [6.07, 6.45) is 0.965. The minimum atomic E-state index is -0.143. The van der Waals surface area contributed by atoms with Crippen LogP contribution in [0.2, 0.25) is 0 Å². The molecule has 0 atom stereocenters. The molecular weight excluding hydrogens is 263 g/mol. The highest BCUT2D eigenvalue weighted by Gasteiger charge is 2.08. The second kappa shape index (κ2) is 7.91. The molecule has 0 saturated carbocycles. The molecule has 0 unspecified atom stereocenters. The summed E-state index contributed by atoms with van der Waals surface area (Å²) in [5.41, 5.74) is 8.76. The van der Waals surface area contributed by atoms with Crippen molar-refractivity contribution in [3.05, 3.63) is 71.0 Å². The standard InChI is InChI=1S/C18H23FN2/c1-15-12-17(8-9-18(15)19)14-21(11-5-10-20)13-16-6-3-2-4-7-16/h2-4,6-9,12H,5,10-11,13-14,20H2,1H3. The van der Waals surface area contributed by atoms with Crippen LogP contribution in [-0.4, -0.2) is 18.0 Å². The minimum Gasteiger partial charge on any atom is -0.330 e. The molecule has 2 nitrogen and oxygen atoms in total. The van der Waals surface area contributed by atoms with E-state index in [1.807, 2.05) is 18.2 Å². The highest BCUT2D eigenvalue weighted by Crippen LogP contribution is 2.14. The largest absolute Gasteiger partial charge is 0.330 e. The van der Waals surface area contributed by atoms with Crippen LogP contribution in [0.3, 0.4) is 0 Å². The van der Waals surface area contributed by atoms with E-state index in [9.17, 15) is 4.39 Å². The predicted molar refractivity (Wildman–Crippen MR) is 85.4 cm³/mol. The van der Waals surface area contributed by atoms with Gasteiger partial charge in [0, 0.05) is 19.6 Å². The van der Waals surface area contributed by atoms with Gasteiger partial charge in [-0.1, -0.05) is 42.5 Å². The van der Waals surface area contributed by atoms with Crippen LogP contribution < -0.4 is 5.73 Å². The van der Waals surface area contributed by atoms with Crippen LogP contribution in [0.4, 0.5) is 4.39 Å². The van der Waals surface area contributed by atoms with Gasteiger partial charge in [-0.05, 0) is 42.6 Å². The molecule has 112 valence electrons. The summed E-state index contributed by atoms with van der Waals surface area (Å²) in [4.78, 5) is 2.36. The van der Waals surface area contributed by atoms with E-state index in [1.165, 1.54) is 5.56 Å². The molecule has 0 radical (unpaired) electrons. The van der Waals surface area contributed by atoms with Crippen molar-refractivity contribution in [2.75, 3.05) is 13.1 Å². The fourth-order valence-corrected chi connectivity index (χ4v) is 2.43. The van der Waals surface area contributed by atoms with Gasteiger partial charge in [-0.15, -0.1) is 0 Å². The first-order valence-corrected chi connectivity index (χ1v) is 7.40. The quantitative estimate of drug-likeness (QED) is 0.844. The third kappa shape index (κ3) is 4.96. The summed E-state index contributed by atoms with van der Waals surface area (Å²) < 4.78 is 13.4. The van der Waals surface area contributed by atoms with E-state index in [-0.39, 0.29) is 5.82 Å². The van der Waals surface area contributed by atoms with Crippen molar-refractivity contribution in [2.24, 2.45) is 5.73 Å². The van der Waals surface area contributed by atoms with Crippen LogP contribution >= 0.6 is 0 Å². The molecule has 0 aromatic heterocycles. The van der Waals surface area contributed by atoms with Crippen LogP contribution in [0.25, 0.3) is 0 Å². The SMILES string of the molecule is Cc1cc(CN(CCCN)Cc2ccccc2)ccc1F. The Morgan fingerprint density at radius 3 is 2.38 bits per heavy atom. The number of nitrogens with zero attached hydrogens (tertiary/aromatic N) is 1. The average Bonchev–Trinajstić information content (AvgIpc) is 2.49. The number of hydrogen-bond acceptors (Lipinski definition) is 2. The molecule has 2 aromatic carbocycles. The Balaban J connectivity index is 2.06. The topological polar surface area (TPSA) is 29.3 Å². The van der Waals surface area contributed by atoms with E-state index >= 15 is 0 Å². The molecule has 0 bridgehead atoms. The summed E-state index contributed by atoms with van der Waals surface area (Å²) in [5, 5.41) is 0. The second-order valence-corrected chi connectivity index (χ2v) is 5.42. The van der Waals surface area contributed by atoms with Crippen LogP contribution in [0, 0.1) is 12.7 Å². The smallest absolute Gasteiger partial charge is 0.126 e. The lowest BCUT2D eigenvalue weighted by Gasteiger charge is -2.22. The third-order valence-electron chi connectivity index (χ3n) is 3.56. The maximum atomic E-state index is 13.4. The summed E-state index contributed by atoms with van der Waals surface area (Å²) in [5.74, 6) is -0.143. The summed E-state index contributed by atoms with van der Waals surface area (Å²) >= 11 is 0. The molecule has 0 heterocycles. The molecule has 3 heteroatoms. The lowest BCUT2D eigenvalue weighted by atomic mass is 10.1. The lowest BCUT2D eigenvalue weighted by Crippen LogP contribution is -2.25. The molecule has 2 N–H and O–H groups in total. The number of aryl methyl sites for hydroxylation is 1. The molecule has 0 amide bonds. The van der Waals surface area contributed by atoms with Crippen molar-refractivity contribution in [2.45, 2.75) is 26.4 Å². The molecule has 2 aromatic rings. The average molecular weight is 286 g/mol. The van der Waals surface area contributed by atoms with E-state index in [4.69, 9.17) is 5.73 Å². The molecule has 0 spiro atoms. The molecule has 0 fully saturated rings. The van der Waals surface area contributed by atoms with Gasteiger partial charge in [0.25, 0.3) is 0 Å². The van der Waals surface area contributed by atoms with Crippen molar-refractivity contribution < 1.29 is 4.39 Å². The summed E-state index contributed by atoms with van der Waals surface area (Å²) in [6, 6.07) is 15.7. The number of nitrogens with two attached hydrogens (primary N) is 1. The van der Waals surface area contributed by atoms with Crippen molar-refractivity contribution in [3.8, 4) is 0 Å². The van der Waals surface area contributed by atoms with Gasteiger partial charge in [0.2, 0.25) is 0 Å². The van der Waals surface area contributed by atoms with Gasteiger partial charge in [0.05, 0.1) is 0 Å². The highest BCUT2D eigenvalue weighted by atomic mass is 19.1. The molecule has 2 rings (SSSR count). The predicted octanol–water partition coefficient (Wildman–Crippen LogP) is 3.49. The van der Waals surface area contributed by atoms with Crippen molar-refractivity contribution in [1.82, 2.24) is 4.90 Å².